The summed E-state index contributed by atoms with van der Waals surface area (Å²) in [6.07, 6.45) is 1.52. The summed E-state index contributed by atoms with van der Waals surface area (Å²) in [5.41, 5.74) is 0.832. The van der Waals surface area contributed by atoms with Crippen LogP contribution in [0.5, 0.6) is 0 Å². The quantitative estimate of drug-likeness (QED) is 0.853. The topological polar surface area (TPSA) is 68.0 Å². The Balaban J connectivity index is 2.23. The SMILES string of the molecule is Cc1noc(C(=O)Nc2cccnc2Cl)c1Cl. The van der Waals surface area contributed by atoms with E-state index in [1.54, 1.807) is 19.1 Å². The molecule has 2 heterocycles. The third-order valence-corrected chi connectivity index (χ3v) is 2.75. The molecular formula is C10H7Cl2N3O2. The monoisotopic (exact) mass is 271 g/mol. The van der Waals surface area contributed by atoms with Gasteiger partial charge in [0.2, 0.25) is 5.76 Å². The van der Waals surface area contributed by atoms with Crippen molar-refractivity contribution in [2.24, 2.45) is 0 Å². The summed E-state index contributed by atoms with van der Waals surface area (Å²) in [5, 5.41) is 6.49. The predicted molar refractivity (Wildman–Crippen MR) is 63.5 cm³/mol. The maximum atomic E-state index is 11.8. The molecule has 88 valence electrons. The first-order valence-corrected chi connectivity index (χ1v) is 5.39. The zero-order chi connectivity index (χ0) is 12.4. The maximum absolute atomic E-state index is 11.8. The summed E-state index contributed by atoms with van der Waals surface area (Å²) in [4.78, 5) is 15.6. The number of halogens is 2. The van der Waals surface area contributed by atoms with Gasteiger partial charge in [-0.3, -0.25) is 4.79 Å². The van der Waals surface area contributed by atoms with E-state index in [0.717, 1.165) is 0 Å². The smallest absolute Gasteiger partial charge is 0.295 e. The van der Waals surface area contributed by atoms with Crippen molar-refractivity contribution in [3.8, 4) is 0 Å². The summed E-state index contributed by atoms with van der Waals surface area (Å²) in [7, 11) is 0. The lowest BCUT2D eigenvalue weighted by Gasteiger charge is -2.03. The summed E-state index contributed by atoms with van der Waals surface area (Å²) < 4.78 is 4.81. The van der Waals surface area contributed by atoms with E-state index in [2.05, 4.69) is 15.5 Å². The first-order chi connectivity index (χ1) is 8.09. The molecule has 2 aromatic heterocycles. The van der Waals surface area contributed by atoms with Gasteiger partial charge in [-0.05, 0) is 19.1 Å². The lowest BCUT2D eigenvalue weighted by Crippen LogP contribution is -2.12. The van der Waals surface area contributed by atoms with Gasteiger partial charge in [0.25, 0.3) is 5.91 Å². The first kappa shape index (κ1) is 11.9. The van der Waals surface area contributed by atoms with E-state index in [1.165, 1.54) is 6.20 Å². The molecule has 0 unspecified atom stereocenters. The molecule has 0 saturated carbocycles. The number of pyridine rings is 1. The van der Waals surface area contributed by atoms with Crippen molar-refractivity contribution in [2.75, 3.05) is 5.32 Å². The number of aryl methyl sites for hydroxylation is 1. The molecule has 0 aromatic carbocycles. The van der Waals surface area contributed by atoms with E-state index in [0.29, 0.717) is 11.4 Å². The Morgan fingerprint density at radius 2 is 2.24 bits per heavy atom. The minimum absolute atomic E-state index is 0.0518. The highest BCUT2D eigenvalue weighted by molar-refractivity contribution is 6.35. The van der Waals surface area contributed by atoms with Crippen LogP contribution in [0.15, 0.2) is 22.9 Å². The minimum atomic E-state index is -0.523. The number of aromatic nitrogens is 2. The highest BCUT2D eigenvalue weighted by Crippen LogP contribution is 2.23. The van der Waals surface area contributed by atoms with Gasteiger partial charge in [0, 0.05) is 6.20 Å². The number of hydrogen-bond donors (Lipinski definition) is 1. The molecule has 7 heteroatoms. The van der Waals surface area contributed by atoms with E-state index in [4.69, 9.17) is 27.7 Å². The predicted octanol–water partition coefficient (Wildman–Crippen LogP) is 2.94. The zero-order valence-electron chi connectivity index (χ0n) is 8.70. The second-order valence-corrected chi connectivity index (χ2v) is 3.94. The summed E-state index contributed by atoms with van der Waals surface area (Å²) in [5.74, 6) is -0.574. The van der Waals surface area contributed by atoms with Crippen LogP contribution < -0.4 is 5.32 Å². The molecule has 0 radical (unpaired) electrons. The summed E-state index contributed by atoms with van der Waals surface area (Å²) >= 11 is 11.6. The first-order valence-electron chi connectivity index (χ1n) is 4.63. The fourth-order valence-electron chi connectivity index (χ4n) is 1.16. The number of nitrogens with zero attached hydrogens (tertiary/aromatic N) is 2. The lowest BCUT2D eigenvalue weighted by molar-refractivity contribution is 0.0988. The molecule has 2 rings (SSSR count). The van der Waals surface area contributed by atoms with Crippen LogP contribution in [-0.2, 0) is 0 Å². The number of nitrogens with one attached hydrogen (secondary N) is 1. The van der Waals surface area contributed by atoms with Gasteiger partial charge >= 0.3 is 0 Å². The summed E-state index contributed by atoms with van der Waals surface area (Å²) in [6.45, 7) is 1.64. The third kappa shape index (κ3) is 2.40. The van der Waals surface area contributed by atoms with E-state index in [9.17, 15) is 4.79 Å². The van der Waals surface area contributed by atoms with Crippen LogP contribution >= 0.6 is 23.2 Å². The van der Waals surface area contributed by atoms with E-state index >= 15 is 0 Å². The number of anilines is 1. The second kappa shape index (κ2) is 4.73. The van der Waals surface area contributed by atoms with Crippen molar-refractivity contribution in [3.05, 3.63) is 40.0 Å². The molecular weight excluding hydrogens is 265 g/mol. The Bertz CT molecular complexity index is 568. The molecule has 1 N–H and O–H groups in total. The molecule has 0 aliphatic rings. The Labute approximate surface area is 107 Å². The average molecular weight is 272 g/mol. The van der Waals surface area contributed by atoms with Crippen LogP contribution in [0.1, 0.15) is 16.2 Å². The van der Waals surface area contributed by atoms with E-state index in [-0.39, 0.29) is 15.9 Å². The van der Waals surface area contributed by atoms with Crippen LogP contribution in [0.2, 0.25) is 10.2 Å². The molecule has 0 aliphatic carbocycles. The molecule has 0 fully saturated rings. The standard InChI is InChI=1S/C10H7Cl2N3O2/c1-5-7(11)8(17-15-5)10(16)14-6-3-2-4-13-9(6)12/h2-4H,1H3,(H,14,16). The fourth-order valence-corrected chi connectivity index (χ4v) is 1.48. The molecule has 17 heavy (non-hydrogen) atoms. The molecule has 0 bridgehead atoms. The van der Waals surface area contributed by atoms with Gasteiger partial charge in [-0.2, -0.15) is 0 Å². The van der Waals surface area contributed by atoms with Gasteiger partial charge < -0.3 is 9.84 Å². The molecule has 0 spiro atoms. The largest absolute Gasteiger partial charge is 0.349 e. The van der Waals surface area contributed by atoms with E-state index < -0.39 is 5.91 Å². The minimum Gasteiger partial charge on any atom is -0.349 e. The van der Waals surface area contributed by atoms with Crippen molar-refractivity contribution in [1.82, 2.24) is 10.1 Å². The Kier molecular flexibility index (Phi) is 3.31. The normalized spacial score (nSPS) is 10.3. The Hall–Kier alpha value is -1.59. The molecule has 2 aromatic rings. The molecule has 0 aliphatic heterocycles. The number of rotatable bonds is 2. The van der Waals surface area contributed by atoms with Crippen LogP contribution in [-0.4, -0.2) is 16.0 Å². The maximum Gasteiger partial charge on any atom is 0.295 e. The Morgan fingerprint density at radius 3 is 2.82 bits per heavy atom. The van der Waals surface area contributed by atoms with Crippen molar-refractivity contribution in [2.45, 2.75) is 6.92 Å². The van der Waals surface area contributed by atoms with Gasteiger partial charge in [-0.1, -0.05) is 28.4 Å². The van der Waals surface area contributed by atoms with Crippen LogP contribution in [0, 0.1) is 6.92 Å². The highest BCUT2D eigenvalue weighted by Gasteiger charge is 2.19. The Morgan fingerprint density at radius 1 is 1.47 bits per heavy atom. The number of carbonyl (C=O) groups is 1. The third-order valence-electron chi connectivity index (χ3n) is 2.00. The zero-order valence-corrected chi connectivity index (χ0v) is 10.2. The second-order valence-electron chi connectivity index (χ2n) is 3.21. The molecule has 1 amide bonds. The fraction of sp³-hybridized carbons (Fsp3) is 0.100. The van der Waals surface area contributed by atoms with Gasteiger partial charge in [0.15, 0.2) is 5.15 Å². The van der Waals surface area contributed by atoms with E-state index in [1.807, 2.05) is 0 Å². The van der Waals surface area contributed by atoms with Gasteiger partial charge in [0.05, 0.1) is 11.4 Å². The van der Waals surface area contributed by atoms with Gasteiger partial charge in [-0.25, -0.2) is 4.98 Å². The van der Waals surface area contributed by atoms with Crippen LogP contribution in [0.4, 0.5) is 5.69 Å². The van der Waals surface area contributed by atoms with Crippen LogP contribution in [0.25, 0.3) is 0 Å². The molecule has 5 nitrogen and oxygen atoms in total. The van der Waals surface area contributed by atoms with Crippen LogP contribution in [0.3, 0.4) is 0 Å². The van der Waals surface area contributed by atoms with Crippen molar-refractivity contribution < 1.29 is 9.32 Å². The van der Waals surface area contributed by atoms with Crippen molar-refractivity contribution in [1.29, 1.82) is 0 Å². The summed E-state index contributed by atoms with van der Waals surface area (Å²) in [6, 6.07) is 3.26. The lowest BCUT2D eigenvalue weighted by atomic mass is 10.3. The van der Waals surface area contributed by atoms with Gasteiger partial charge in [0.1, 0.15) is 5.02 Å². The van der Waals surface area contributed by atoms with Crippen molar-refractivity contribution >= 4 is 34.8 Å². The number of hydrogen-bond acceptors (Lipinski definition) is 4. The average Bonchev–Trinajstić information content (AvgIpc) is 2.63. The highest BCUT2D eigenvalue weighted by atomic mass is 35.5. The number of carbonyl (C=O) groups excluding carboxylic acids is 1. The van der Waals surface area contributed by atoms with Crippen molar-refractivity contribution in [3.63, 3.8) is 0 Å². The molecule has 0 saturated heterocycles. The molecule has 0 atom stereocenters. The van der Waals surface area contributed by atoms with Gasteiger partial charge in [-0.15, -0.1) is 0 Å². The number of amides is 1.